The molecule has 0 aliphatic carbocycles. The van der Waals surface area contributed by atoms with Crippen LogP contribution in [-0.4, -0.2) is 42.0 Å². The molecule has 0 unspecified atom stereocenters. The molecule has 3 aromatic carbocycles. The van der Waals surface area contributed by atoms with Gasteiger partial charge in [-0.25, -0.2) is 0 Å². The molecular formula is C29H32N2O3. The number of nitrogens with one attached hydrogen (secondary N) is 1. The summed E-state index contributed by atoms with van der Waals surface area (Å²) < 4.78 is 5.69. The molecule has 3 aromatic rings. The van der Waals surface area contributed by atoms with E-state index in [1.54, 1.807) is 4.90 Å². The van der Waals surface area contributed by atoms with E-state index in [-0.39, 0.29) is 24.3 Å². The molecule has 1 aliphatic rings. The Kier molecular flexibility index (Phi) is 8.47. The fourth-order valence-corrected chi connectivity index (χ4v) is 4.34. The van der Waals surface area contributed by atoms with Crippen LogP contribution in [0, 0.1) is 0 Å². The van der Waals surface area contributed by atoms with Gasteiger partial charge in [0, 0.05) is 26.1 Å². The zero-order valence-corrected chi connectivity index (χ0v) is 19.4. The van der Waals surface area contributed by atoms with Crippen LogP contribution in [0.2, 0.25) is 0 Å². The lowest BCUT2D eigenvalue weighted by Gasteiger charge is -2.32. The summed E-state index contributed by atoms with van der Waals surface area (Å²) in [5.41, 5.74) is 2.95. The molecule has 1 aliphatic heterocycles. The predicted molar refractivity (Wildman–Crippen MR) is 133 cm³/mol. The van der Waals surface area contributed by atoms with Crippen LogP contribution in [0.5, 0.6) is 0 Å². The highest BCUT2D eigenvalue weighted by Crippen LogP contribution is 2.17. The van der Waals surface area contributed by atoms with Crippen molar-refractivity contribution in [3.63, 3.8) is 0 Å². The number of amides is 2. The van der Waals surface area contributed by atoms with Crippen LogP contribution in [0.15, 0.2) is 91.0 Å². The predicted octanol–water partition coefficient (Wildman–Crippen LogP) is 4.16. The molecule has 0 spiro atoms. The Bertz CT molecular complexity index is 1030. The number of carbonyl (C=O) groups excluding carboxylic acids is 2. The second kappa shape index (κ2) is 12.1. The highest BCUT2D eigenvalue weighted by atomic mass is 16.5. The van der Waals surface area contributed by atoms with E-state index in [1.807, 2.05) is 91.0 Å². The van der Waals surface area contributed by atoms with Crippen molar-refractivity contribution in [2.75, 3.05) is 13.2 Å². The van der Waals surface area contributed by atoms with E-state index < -0.39 is 6.04 Å². The van der Waals surface area contributed by atoms with Gasteiger partial charge in [-0.3, -0.25) is 9.59 Å². The molecule has 2 amide bonds. The molecule has 1 heterocycles. The number of rotatable bonds is 10. The van der Waals surface area contributed by atoms with Crippen LogP contribution in [0.3, 0.4) is 0 Å². The number of ether oxygens (including phenoxy) is 1. The Balaban J connectivity index is 1.60. The lowest BCUT2D eigenvalue weighted by Crippen LogP contribution is -2.52. The van der Waals surface area contributed by atoms with Crippen LogP contribution in [0.4, 0.5) is 0 Å². The SMILES string of the molecule is O=C(NC[C@@H]1CCCO1)[C@H](Cc1ccccc1)N(Cc1ccccc1)C(=O)Cc1ccccc1. The van der Waals surface area contributed by atoms with E-state index in [9.17, 15) is 9.59 Å². The molecule has 2 atom stereocenters. The lowest BCUT2D eigenvalue weighted by atomic mass is 10.0. The minimum atomic E-state index is -0.625. The van der Waals surface area contributed by atoms with Gasteiger partial charge in [0.25, 0.3) is 0 Å². The number of nitrogens with zero attached hydrogens (tertiary/aromatic N) is 1. The third kappa shape index (κ3) is 6.78. The maximum absolute atomic E-state index is 13.6. The van der Waals surface area contributed by atoms with Crippen molar-refractivity contribution in [3.05, 3.63) is 108 Å². The van der Waals surface area contributed by atoms with Crippen molar-refractivity contribution in [1.82, 2.24) is 10.2 Å². The number of hydrogen-bond donors (Lipinski definition) is 1. The van der Waals surface area contributed by atoms with Crippen molar-refractivity contribution in [2.24, 2.45) is 0 Å². The molecule has 0 aromatic heterocycles. The average Bonchev–Trinajstić information content (AvgIpc) is 3.40. The highest BCUT2D eigenvalue weighted by molar-refractivity contribution is 5.88. The van der Waals surface area contributed by atoms with E-state index in [4.69, 9.17) is 4.74 Å². The first-order chi connectivity index (χ1) is 16.7. The summed E-state index contributed by atoms with van der Waals surface area (Å²) >= 11 is 0. The molecule has 4 rings (SSSR count). The van der Waals surface area contributed by atoms with E-state index >= 15 is 0 Å². The van der Waals surface area contributed by atoms with E-state index in [0.29, 0.717) is 19.5 Å². The van der Waals surface area contributed by atoms with Crippen molar-refractivity contribution in [3.8, 4) is 0 Å². The molecule has 1 fully saturated rings. The number of hydrogen-bond acceptors (Lipinski definition) is 3. The first-order valence-electron chi connectivity index (χ1n) is 12.0. The van der Waals surface area contributed by atoms with Crippen LogP contribution >= 0.6 is 0 Å². The second-order valence-electron chi connectivity index (χ2n) is 8.76. The molecule has 34 heavy (non-hydrogen) atoms. The molecule has 0 radical (unpaired) electrons. The van der Waals surface area contributed by atoms with E-state index in [2.05, 4.69) is 5.32 Å². The van der Waals surface area contributed by atoms with Crippen LogP contribution < -0.4 is 5.32 Å². The van der Waals surface area contributed by atoms with Gasteiger partial charge in [-0.15, -0.1) is 0 Å². The van der Waals surface area contributed by atoms with Crippen molar-refractivity contribution in [2.45, 2.75) is 44.4 Å². The molecule has 5 heteroatoms. The monoisotopic (exact) mass is 456 g/mol. The highest BCUT2D eigenvalue weighted by Gasteiger charge is 2.31. The van der Waals surface area contributed by atoms with Crippen molar-refractivity contribution in [1.29, 1.82) is 0 Å². The van der Waals surface area contributed by atoms with Gasteiger partial charge in [0.05, 0.1) is 12.5 Å². The molecule has 1 N–H and O–H groups in total. The first-order valence-corrected chi connectivity index (χ1v) is 12.0. The van der Waals surface area contributed by atoms with Crippen molar-refractivity contribution >= 4 is 11.8 Å². The van der Waals surface area contributed by atoms with Gasteiger partial charge in [-0.1, -0.05) is 91.0 Å². The Morgan fingerprint density at radius 3 is 2.03 bits per heavy atom. The van der Waals surface area contributed by atoms with Gasteiger partial charge in [0.15, 0.2) is 0 Å². The van der Waals surface area contributed by atoms with Crippen LogP contribution in [0.1, 0.15) is 29.5 Å². The molecule has 1 saturated heterocycles. The van der Waals surface area contributed by atoms with Gasteiger partial charge < -0.3 is 15.0 Å². The van der Waals surface area contributed by atoms with Gasteiger partial charge in [0.2, 0.25) is 11.8 Å². The molecule has 176 valence electrons. The standard InChI is InChI=1S/C29H32N2O3/c32-28(20-24-13-6-2-7-14-24)31(22-25-15-8-3-9-16-25)27(19-23-11-4-1-5-12-23)29(33)30-21-26-17-10-18-34-26/h1-9,11-16,26-27H,10,17-22H2,(H,30,33)/t26-,27-/m0/s1. The summed E-state index contributed by atoms with van der Waals surface area (Å²) in [5.74, 6) is -0.208. The molecular weight excluding hydrogens is 424 g/mol. The normalized spacial score (nSPS) is 16.1. The summed E-state index contributed by atoms with van der Waals surface area (Å²) in [4.78, 5) is 28.9. The number of benzene rings is 3. The summed E-state index contributed by atoms with van der Waals surface area (Å²) in [7, 11) is 0. The summed E-state index contributed by atoms with van der Waals surface area (Å²) in [6.07, 6.45) is 2.71. The third-order valence-corrected chi connectivity index (χ3v) is 6.19. The minimum absolute atomic E-state index is 0.0453. The summed E-state index contributed by atoms with van der Waals surface area (Å²) in [6.45, 7) is 1.58. The zero-order valence-electron chi connectivity index (χ0n) is 19.4. The smallest absolute Gasteiger partial charge is 0.243 e. The molecule has 0 saturated carbocycles. The van der Waals surface area contributed by atoms with Gasteiger partial charge in [-0.2, -0.15) is 0 Å². The molecule has 0 bridgehead atoms. The van der Waals surface area contributed by atoms with Gasteiger partial charge in [0.1, 0.15) is 6.04 Å². The largest absolute Gasteiger partial charge is 0.376 e. The van der Waals surface area contributed by atoms with Gasteiger partial charge in [-0.05, 0) is 29.5 Å². The topological polar surface area (TPSA) is 58.6 Å². The minimum Gasteiger partial charge on any atom is -0.376 e. The average molecular weight is 457 g/mol. The Labute approximate surface area is 201 Å². The van der Waals surface area contributed by atoms with E-state index in [0.717, 1.165) is 36.1 Å². The number of carbonyl (C=O) groups is 2. The van der Waals surface area contributed by atoms with E-state index in [1.165, 1.54) is 0 Å². The Hall–Kier alpha value is -3.44. The van der Waals surface area contributed by atoms with Crippen LogP contribution in [0.25, 0.3) is 0 Å². The maximum atomic E-state index is 13.6. The maximum Gasteiger partial charge on any atom is 0.243 e. The zero-order chi connectivity index (χ0) is 23.6. The fraction of sp³-hybridized carbons (Fsp3) is 0.310. The van der Waals surface area contributed by atoms with Gasteiger partial charge >= 0.3 is 0 Å². The van der Waals surface area contributed by atoms with Crippen molar-refractivity contribution < 1.29 is 14.3 Å². The van der Waals surface area contributed by atoms with Crippen LogP contribution in [-0.2, 0) is 33.7 Å². The second-order valence-corrected chi connectivity index (χ2v) is 8.76. The molecule has 5 nitrogen and oxygen atoms in total. The third-order valence-electron chi connectivity index (χ3n) is 6.19. The summed E-state index contributed by atoms with van der Waals surface area (Å²) in [5, 5.41) is 3.07. The first kappa shape index (κ1) is 23.7. The quantitative estimate of drug-likeness (QED) is 0.498. The fourth-order valence-electron chi connectivity index (χ4n) is 4.34. The Morgan fingerprint density at radius 1 is 0.853 bits per heavy atom. The lowest BCUT2D eigenvalue weighted by molar-refractivity contribution is -0.141. The summed E-state index contributed by atoms with van der Waals surface area (Å²) in [6, 6.07) is 28.8. The Morgan fingerprint density at radius 2 is 1.44 bits per heavy atom.